The second kappa shape index (κ2) is 4.87. The molecule has 3 heteroatoms. The zero-order valence-electron chi connectivity index (χ0n) is 5.84. The molecule has 1 aliphatic carbocycles. The Hall–Kier alpha value is 0.132. The zero-order chi connectivity index (χ0) is 6.69. The maximum Gasteiger partial charge on any atom is 0.331 e. The summed E-state index contributed by atoms with van der Waals surface area (Å²) >= 11 is 0. The Kier molecular flexibility index (Phi) is 4.94. The van der Waals surface area contributed by atoms with Crippen LogP contribution in [0.3, 0.4) is 0 Å². The Balaban J connectivity index is 0.000000810. The third kappa shape index (κ3) is 2.81. The fourth-order valence-corrected chi connectivity index (χ4v) is 1.03. The first-order valence-electron chi connectivity index (χ1n) is 3.23. The molecule has 2 nitrogen and oxygen atoms in total. The Morgan fingerprint density at radius 3 is 2.50 bits per heavy atom. The van der Waals surface area contributed by atoms with Gasteiger partial charge in [-0.05, 0) is 25.7 Å². The van der Waals surface area contributed by atoms with E-state index in [0.717, 1.165) is 25.7 Å². The molecule has 1 aliphatic rings. The maximum atomic E-state index is 10.3. The minimum absolute atomic E-state index is 0. The fourth-order valence-electron chi connectivity index (χ4n) is 1.03. The minimum atomic E-state index is -0.741. The molecule has 1 rings (SSSR count). The van der Waals surface area contributed by atoms with Crippen molar-refractivity contribution in [3.05, 3.63) is 11.6 Å². The van der Waals surface area contributed by atoms with Gasteiger partial charge in [-0.15, -0.1) is 0 Å². The van der Waals surface area contributed by atoms with E-state index in [4.69, 9.17) is 5.11 Å². The zero-order valence-corrected chi connectivity index (χ0v) is 10.3. The molecule has 1 N–H and O–H groups in total. The van der Waals surface area contributed by atoms with Crippen LogP contribution in [0, 0.1) is 0 Å². The standard InChI is InChI=1S/C7H10O2.Tl/c8-7(9)6-4-2-1-3-5-6;/h4H,1-3,5H2,(H,8,9);. The molecule has 53 valence electrons. The predicted molar refractivity (Wildman–Crippen MR) is 39.9 cm³/mol. The molecule has 0 aromatic heterocycles. The van der Waals surface area contributed by atoms with Gasteiger partial charge in [-0.1, -0.05) is 6.08 Å². The van der Waals surface area contributed by atoms with Gasteiger partial charge in [0.25, 0.3) is 0 Å². The average Bonchev–Trinajstić information content (AvgIpc) is 1.90. The number of carbonyl (C=O) groups is 1. The number of carboxylic acids is 1. The van der Waals surface area contributed by atoms with Crippen molar-refractivity contribution in [3.8, 4) is 0 Å². The van der Waals surface area contributed by atoms with Crippen molar-refractivity contribution in [2.45, 2.75) is 25.7 Å². The van der Waals surface area contributed by atoms with E-state index in [1.54, 1.807) is 0 Å². The van der Waals surface area contributed by atoms with Crippen molar-refractivity contribution in [3.63, 3.8) is 0 Å². The second-order valence-electron chi connectivity index (χ2n) is 2.28. The monoisotopic (exact) mass is 331 g/mol. The van der Waals surface area contributed by atoms with E-state index in [0.29, 0.717) is 5.57 Å². The van der Waals surface area contributed by atoms with E-state index < -0.39 is 5.97 Å². The summed E-state index contributed by atoms with van der Waals surface area (Å²) in [4.78, 5) is 10.3. The first kappa shape index (κ1) is 10.1. The summed E-state index contributed by atoms with van der Waals surface area (Å²) in [6.45, 7) is 0. The van der Waals surface area contributed by atoms with Crippen molar-refractivity contribution in [1.82, 2.24) is 0 Å². The van der Waals surface area contributed by atoms with Crippen LogP contribution in [0.25, 0.3) is 0 Å². The van der Waals surface area contributed by atoms with Crippen LogP contribution in [0.4, 0.5) is 0 Å². The molecule has 0 atom stereocenters. The molecule has 0 aromatic carbocycles. The first-order valence-corrected chi connectivity index (χ1v) is 3.23. The Morgan fingerprint density at radius 1 is 1.50 bits per heavy atom. The van der Waals surface area contributed by atoms with Gasteiger partial charge in [0.2, 0.25) is 0 Å². The van der Waals surface area contributed by atoms with Crippen LogP contribution in [0.5, 0.6) is 0 Å². The third-order valence-corrected chi connectivity index (χ3v) is 1.57. The van der Waals surface area contributed by atoms with Crippen LogP contribution in [-0.4, -0.2) is 38.4 Å². The molecule has 0 saturated heterocycles. The van der Waals surface area contributed by atoms with Crippen LogP contribution in [-0.2, 0) is 4.79 Å². The van der Waals surface area contributed by atoms with E-state index in [9.17, 15) is 4.79 Å². The molecule has 0 spiro atoms. The normalized spacial score (nSPS) is 17.0. The summed E-state index contributed by atoms with van der Waals surface area (Å²) < 4.78 is 0. The van der Waals surface area contributed by atoms with Crippen molar-refractivity contribution in [2.75, 3.05) is 0 Å². The van der Waals surface area contributed by atoms with Gasteiger partial charge < -0.3 is 5.11 Å². The molecule has 10 heavy (non-hydrogen) atoms. The molecule has 0 aromatic rings. The largest absolute Gasteiger partial charge is 0.478 e. The maximum absolute atomic E-state index is 10.3. The Bertz CT molecular complexity index is 152. The van der Waals surface area contributed by atoms with Crippen LogP contribution < -0.4 is 0 Å². The van der Waals surface area contributed by atoms with Crippen LogP contribution in [0.2, 0.25) is 0 Å². The van der Waals surface area contributed by atoms with Gasteiger partial charge in [-0.2, -0.15) is 0 Å². The summed E-state index contributed by atoms with van der Waals surface area (Å²) in [6.07, 6.45) is 5.72. The topological polar surface area (TPSA) is 37.3 Å². The van der Waals surface area contributed by atoms with Gasteiger partial charge >= 0.3 is 5.97 Å². The fraction of sp³-hybridized carbons (Fsp3) is 0.571. The van der Waals surface area contributed by atoms with Crippen molar-refractivity contribution in [2.24, 2.45) is 0 Å². The molecular formula is C7H10O2Tl. The van der Waals surface area contributed by atoms with E-state index in [1.807, 2.05) is 6.08 Å². The SMILES string of the molecule is O=C(O)C1=CCCCC1.[Tl]. The van der Waals surface area contributed by atoms with Gasteiger partial charge in [-0.3, -0.25) is 0 Å². The van der Waals surface area contributed by atoms with E-state index in [-0.39, 0.29) is 27.3 Å². The van der Waals surface area contributed by atoms with Crippen LogP contribution in [0.15, 0.2) is 11.6 Å². The van der Waals surface area contributed by atoms with E-state index in [1.165, 1.54) is 0 Å². The van der Waals surface area contributed by atoms with E-state index >= 15 is 0 Å². The summed E-state index contributed by atoms with van der Waals surface area (Å²) in [5, 5.41) is 8.47. The molecule has 0 amide bonds. The van der Waals surface area contributed by atoms with Gasteiger partial charge in [0.1, 0.15) is 0 Å². The van der Waals surface area contributed by atoms with Crippen molar-refractivity contribution in [1.29, 1.82) is 0 Å². The number of aliphatic carboxylic acids is 1. The Labute approximate surface area is 80.5 Å². The first-order chi connectivity index (χ1) is 4.30. The smallest absolute Gasteiger partial charge is 0.331 e. The molecular weight excluding hydrogens is 320 g/mol. The number of hydrogen-bond acceptors (Lipinski definition) is 1. The van der Waals surface area contributed by atoms with Crippen molar-refractivity contribution < 1.29 is 9.90 Å². The molecule has 0 saturated carbocycles. The van der Waals surface area contributed by atoms with Gasteiger partial charge in [0.05, 0.1) is 0 Å². The van der Waals surface area contributed by atoms with Gasteiger partial charge in [-0.25, -0.2) is 4.79 Å². The third-order valence-electron chi connectivity index (χ3n) is 1.57. The second-order valence-corrected chi connectivity index (χ2v) is 2.28. The van der Waals surface area contributed by atoms with Gasteiger partial charge in [0, 0.05) is 32.9 Å². The summed E-state index contributed by atoms with van der Waals surface area (Å²) in [5.41, 5.74) is 0.598. The molecule has 0 bridgehead atoms. The number of hydrogen-bond donors (Lipinski definition) is 1. The minimum Gasteiger partial charge on any atom is -0.478 e. The predicted octanol–water partition coefficient (Wildman–Crippen LogP) is 1.19. The Morgan fingerprint density at radius 2 is 2.20 bits per heavy atom. The number of carboxylic acid groups (broad SMARTS) is 1. The molecule has 0 aliphatic heterocycles. The average molecular weight is 331 g/mol. The summed E-state index contributed by atoms with van der Waals surface area (Å²) in [5.74, 6) is -0.741. The van der Waals surface area contributed by atoms with E-state index in [2.05, 4.69) is 0 Å². The van der Waals surface area contributed by atoms with Crippen LogP contribution >= 0.6 is 0 Å². The quantitative estimate of drug-likeness (QED) is 0.734. The van der Waals surface area contributed by atoms with Gasteiger partial charge in [0.15, 0.2) is 0 Å². The summed E-state index contributed by atoms with van der Waals surface area (Å²) in [7, 11) is 0. The summed E-state index contributed by atoms with van der Waals surface area (Å²) in [6, 6.07) is 0. The molecule has 0 heterocycles. The number of rotatable bonds is 1. The van der Waals surface area contributed by atoms with Crippen LogP contribution in [0.1, 0.15) is 25.7 Å². The number of allylic oxidation sites excluding steroid dienone is 1. The van der Waals surface area contributed by atoms with Crippen molar-refractivity contribution >= 4 is 33.3 Å². The molecule has 1 radical (unpaired) electrons. The molecule has 0 fully saturated rings. The molecule has 0 unspecified atom stereocenters.